The van der Waals surface area contributed by atoms with E-state index in [0.717, 1.165) is 6.07 Å². The van der Waals surface area contributed by atoms with E-state index in [2.05, 4.69) is 5.32 Å². The van der Waals surface area contributed by atoms with Crippen LogP contribution in [-0.2, 0) is 6.54 Å². The summed E-state index contributed by atoms with van der Waals surface area (Å²) in [7, 11) is 1.36. The Morgan fingerprint density at radius 3 is 2.57 bits per heavy atom. The Kier molecular flexibility index (Phi) is 4.37. The number of hydrogen-bond donors (Lipinski definition) is 2. The number of nitrogens with one attached hydrogen (secondary N) is 1. The van der Waals surface area contributed by atoms with Crippen molar-refractivity contribution < 1.29 is 23.4 Å². The Balaban J connectivity index is 2.14. The van der Waals surface area contributed by atoms with Gasteiger partial charge in [-0.25, -0.2) is 13.6 Å². The predicted molar refractivity (Wildman–Crippen MR) is 73.6 cm³/mol. The SMILES string of the molecule is COc1ccc(CNc2cc(C(=O)O)ccc2F)cc1F. The molecule has 2 aromatic rings. The van der Waals surface area contributed by atoms with E-state index < -0.39 is 17.6 Å². The van der Waals surface area contributed by atoms with Gasteiger partial charge in [-0.3, -0.25) is 0 Å². The highest BCUT2D eigenvalue weighted by molar-refractivity contribution is 5.88. The van der Waals surface area contributed by atoms with Crippen LogP contribution < -0.4 is 10.1 Å². The summed E-state index contributed by atoms with van der Waals surface area (Å²) in [5.41, 5.74) is 0.597. The fourth-order valence-electron chi connectivity index (χ4n) is 1.81. The number of rotatable bonds is 5. The maximum Gasteiger partial charge on any atom is 0.335 e. The van der Waals surface area contributed by atoms with Crippen LogP contribution in [0, 0.1) is 11.6 Å². The lowest BCUT2D eigenvalue weighted by Crippen LogP contribution is -2.04. The first kappa shape index (κ1) is 14.8. The summed E-state index contributed by atoms with van der Waals surface area (Å²) in [4.78, 5) is 10.8. The van der Waals surface area contributed by atoms with Gasteiger partial charge in [0, 0.05) is 6.54 Å². The molecule has 21 heavy (non-hydrogen) atoms. The van der Waals surface area contributed by atoms with Gasteiger partial charge in [0.1, 0.15) is 5.82 Å². The predicted octanol–water partition coefficient (Wildman–Crippen LogP) is 3.28. The number of carboxylic acid groups (broad SMARTS) is 1. The molecule has 110 valence electrons. The number of halogens is 2. The number of ether oxygens (including phenoxy) is 1. The molecule has 0 aromatic heterocycles. The summed E-state index contributed by atoms with van der Waals surface area (Å²) in [6.07, 6.45) is 0. The van der Waals surface area contributed by atoms with Crippen molar-refractivity contribution in [2.24, 2.45) is 0 Å². The van der Waals surface area contributed by atoms with Gasteiger partial charge in [0.15, 0.2) is 11.6 Å². The highest BCUT2D eigenvalue weighted by Gasteiger charge is 2.09. The number of benzene rings is 2. The van der Waals surface area contributed by atoms with E-state index in [4.69, 9.17) is 9.84 Å². The van der Waals surface area contributed by atoms with E-state index in [1.165, 1.54) is 31.4 Å². The van der Waals surface area contributed by atoms with Crippen LogP contribution in [0.15, 0.2) is 36.4 Å². The Morgan fingerprint density at radius 2 is 1.95 bits per heavy atom. The van der Waals surface area contributed by atoms with Crippen molar-refractivity contribution in [3.63, 3.8) is 0 Å². The molecule has 0 saturated carbocycles. The van der Waals surface area contributed by atoms with E-state index in [-0.39, 0.29) is 23.5 Å². The molecule has 0 bridgehead atoms. The first-order valence-corrected chi connectivity index (χ1v) is 6.10. The zero-order valence-corrected chi connectivity index (χ0v) is 11.2. The molecule has 0 unspecified atom stereocenters. The van der Waals surface area contributed by atoms with E-state index >= 15 is 0 Å². The lowest BCUT2D eigenvalue weighted by Gasteiger charge is -2.09. The number of hydrogen-bond acceptors (Lipinski definition) is 3. The van der Waals surface area contributed by atoms with E-state index in [1.54, 1.807) is 6.07 Å². The third-order valence-electron chi connectivity index (χ3n) is 2.91. The fourth-order valence-corrected chi connectivity index (χ4v) is 1.81. The third kappa shape index (κ3) is 3.47. The Morgan fingerprint density at radius 1 is 1.19 bits per heavy atom. The van der Waals surface area contributed by atoms with Crippen LogP contribution in [0.5, 0.6) is 5.75 Å². The number of aromatic carboxylic acids is 1. The summed E-state index contributed by atoms with van der Waals surface area (Å²) in [6, 6.07) is 7.81. The summed E-state index contributed by atoms with van der Waals surface area (Å²) in [5, 5.41) is 11.6. The van der Waals surface area contributed by atoms with Crippen LogP contribution in [0.4, 0.5) is 14.5 Å². The normalized spacial score (nSPS) is 10.2. The van der Waals surface area contributed by atoms with Crippen LogP contribution in [0.3, 0.4) is 0 Å². The molecule has 0 spiro atoms. The molecule has 0 atom stereocenters. The van der Waals surface area contributed by atoms with Crippen molar-refractivity contribution in [3.05, 3.63) is 59.2 Å². The van der Waals surface area contributed by atoms with Crippen LogP contribution in [-0.4, -0.2) is 18.2 Å². The van der Waals surface area contributed by atoms with Gasteiger partial charge in [0.2, 0.25) is 0 Å². The Hall–Kier alpha value is -2.63. The van der Waals surface area contributed by atoms with Crippen molar-refractivity contribution in [2.45, 2.75) is 6.54 Å². The minimum atomic E-state index is -1.14. The lowest BCUT2D eigenvalue weighted by molar-refractivity contribution is 0.0697. The topological polar surface area (TPSA) is 58.6 Å². The highest BCUT2D eigenvalue weighted by atomic mass is 19.1. The second kappa shape index (κ2) is 6.21. The lowest BCUT2D eigenvalue weighted by atomic mass is 10.1. The van der Waals surface area contributed by atoms with Crippen LogP contribution in [0.25, 0.3) is 0 Å². The molecule has 0 fully saturated rings. The minimum Gasteiger partial charge on any atom is -0.494 e. The summed E-state index contributed by atoms with van der Waals surface area (Å²) >= 11 is 0. The maximum atomic E-state index is 13.6. The van der Waals surface area contributed by atoms with E-state index in [0.29, 0.717) is 5.56 Å². The molecular formula is C15H13F2NO3. The van der Waals surface area contributed by atoms with Gasteiger partial charge in [0.25, 0.3) is 0 Å². The molecule has 0 aliphatic heterocycles. The molecule has 2 N–H and O–H groups in total. The van der Waals surface area contributed by atoms with Crippen molar-refractivity contribution in [3.8, 4) is 5.75 Å². The van der Waals surface area contributed by atoms with Gasteiger partial charge in [-0.15, -0.1) is 0 Å². The molecule has 4 nitrogen and oxygen atoms in total. The van der Waals surface area contributed by atoms with Gasteiger partial charge >= 0.3 is 5.97 Å². The molecule has 0 saturated heterocycles. The van der Waals surface area contributed by atoms with Gasteiger partial charge in [0.05, 0.1) is 18.4 Å². The summed E-state index contributed by atoms with van der Waals surface area (Å²) < 4.78 is 31.9. The molecular weight excluding hydrogens is 280 g/mol. The van der Waals surface area contributed by atoms with Crippen LogP contribution in [0.1, 0.15) is 15.9 Å². The number of carbonyl (C=O) groups is 1. The van der Waals surface area contributed by atoms with Crippen molar-refractivity contribution in [1.29, 1.82) is 0 Å². The van der Waals surface area contributed by atoms with Crippen molar-refractivity contribution in [2.75, 3.05) is 12.4 Å². The second-order valence-corrected chi connectivity index (χ2v) is 4.32. The summed E-state index contributed by atoms with van der Waals surface area (Å²) in [5.74, 6) is -2.11. The average molecular weight is 293 g/mol. The minimum absolute atomic E-state index is 0.0280. The number of carboxylic acids is 1. The van der Waals surface area contributed by atoms with Crippen molar-refractivity contribution in [1.82, 2.24) is 0 Å². The average Bonchev–Trinajstić information content (AvgIpc) is 2.46. The van der Waals surface area contributed by atoms with Gasteiger partial charge in [-0.1, -0.05) is 6.07 Å². The first-order valence-electron chi connectivity index (χ1n) is 6.10. The van der Waals surface area contributed by atoms with E-state index in [1.807, 2.05) is 0 Å². The van der Waals surface area contributed by atoms with Crippen LogP contribution >= 0.6 is 0 Å². The molecule has 2 rings (SSSR count). The first-order chi connectivity index (χ1) is 10.0. The summed E-state index contributed by atoms with van der Waals surface area (Å²) in [6.45, 7) is 0.154. The maximum absolute atomic E-state index is 13.6. The standard InChI is InChI=1S/C15H13F2NO3/c1-21-14-5-2-9(6-12(14)17)8-18-13-7-10(15(19)20)3-4-11(13)16/h2-7,18H,8H2,1H3,(H,19,20). The fraction of sp³-hybridized carbons (Fsp3) is 0.133. The third-order valence-corrected chi connectivity index (χ3v) is 2.91. The molecule has 0 aliphatic rings. The Labute approximate surface area is 120 Å². The quantitative estimate of drug-likeness (QED) is 0.888. The smallest absolute Gasteiger partial charge is 0.335 e. The molecule has 0 amide bonds. The van der Waals surface area contributed by atoms with Crippen LogP contribution in [0.2, 0.25) is 0 Å². The number of methoxy groups -OCH3 is 1. The molecule has 0 heterocycles. The second-order valence-electron chi connectivity index (χ2n) is 4.32. The zero-order chi connectivity index (χ0) is 15.4. The van der Waals surface area contributed by atoms with Gasteiger partial charge in [-0.05, 0) is 35.9 Å². The van der Waals surface area contributed by atoms with Gasteiger partial charge in [-0.2, -0.15) is 0 Å². The Bertz CT molecular complexity index is 674. The zero-order valence-electron chi connectivity index (χ0n) is 11.2. The monoisotopic (exact) mass is 293 g/mol. The van der Waals surface area contributed by atoms with Gasteiger partial charge < -0.3 is 15.2 Å². The van der Waals surface area contributed by atoms with Crippen molar-refractivity contribution >= 4 is 11.7 Å². The molecule has 6 heteroatoms. The largest absolute Gasteiger partial charge is 0.494 e. The molecule has 0 aliphatic carbocycles. The molecule has 0 radical (unpaired) electrons. The van der Waals surface area contributed by atoms with E-state index in [9.17, 15) is 13.6 Å². The number of anilines is 1. The highest BCUT2D eigenvalue weighted by Crippen LogP contribution is 2.20. The molecule has 2 aromatic carbocycles.